The monoisotopic (exact) mass is 1000 g/mol. The topological polar surface area (TPSA) is 185 Å². The Morgan fingerprint density at radius 3 is 1.42 bits per heavy atom. The van der Waals surface area contributed by atoms with Crippen LogP contribution in [-0.2, 0) is 6.42 Å². The highest BCUT2D eigenvalue weighted by atomic mass is 127. The summed E-state index contributed by atoms with van der Waals surface area (Å²) in [4.78, 5) is 0. The van der Waals surface area contributed by atoms with Crippen molar-refractivity contribution in [1.29, 1.82) is 0 Å². The molecule has 12 N–H and O–H groups in total. The molecule has 3 aliphatic carbocycles. The molecule has 0 spiro atoms. The predicted molar refractivity (Wildman–Crippen MR) is 288 cm³/mol. The lowest BCUT2D eigenvalue weighted by atomic mass is 9.96. The van der Waals surface area contributed by atoms with Gasteiger partial charge in [0.05, 0.1) is 6.10 Å². The summed E-state index contributed by atoms with van der Waals surface area (Å²) in [6, 6.07) is 26.4. The molecular formula is C56H83IN4O4. The lowest BCUT2D eigenvalue weighted by molar-refractivity contribution is 0.142. The average Bonchev–Trinajstić information content (AvgIpc) is 4.11. The number of hydrogen-bond donors (Lipinski definition) is 8. The molecule has 8 nitrogen and oxygen atoms in total. The van der Waals surface area contributed by atoms with E-state index in [1.165, 1.54) is 40.7 Å². The van der Waals surface area contributed by atoms with Crippen molar-refractivity contribution in [3.63, 3.8) is 0 Å². The molecule has 0 radical (unpaired) electrons. The Balaban J connectivity index is 0.000000413. The standard InChI is InChI=1S/C15H23NO.C15H19NO.C9H12IN.C9H13N.C6H8O.CH4O.CH4/c2*1-10(2)12-5-7-14(16)13(9-12)6-8-15(17)11-3-4-11;1-6(2)7-3-4-9(11)8(10)5-7;1-7(2)8-3-5-9(10)6-4-8;1-2-6(7)5-3-4-5;1-2;/h5,7,9-11,15,17H,3-4,6,8,16H2,1-2H3;5,7,9-11,15,17H,3-4,16H2,1-2H3;3-6H,11H2,1-2H3;3-7H,10H2,1-2H3;1,5-7H,3-4H2;2H,1H3;1H4. The molecule has 0 aliphatic heterocycles. The first kappa shape index (κ1) is 58.8. The van der Waals surface area contributed by atoms with E-state index in [9.17, 15) is 10.2 Å². The van der Waals surface area contributed by atoms with Gasteiger partial charge < -0.3 is 43.4 Å². The summed E-state index contributed by atoms with van der Waals surface area (Å²) in [7, 11) is 1.00. The Morgan fingerprint density at radius 2 is 0.985 bits per heavy atom. The fourth-order valence-electron chi connectivity index (χ4n) is 6.28. The number of rotatable bonds is 10. The predicted octanol–water partition coefficient (Wildman–Crippen LogP) is 11.6. The smallest absolute Gasteiger partial charge is 0.117 e. The lowest BCUT2D eigenvalue weighted by Gasteiger charge is -2.13. The second-order valence-electron chi connectivity index (χ2n) is 18.3. The van der Waals surface area contributed by atoms with Crippen molar-refractivity contribution in [3.05, 3.63) is 116 Å². The van der Waals surface area contributed by atoms with Gasteiger partial charge in [-0.2, -0.15) is 0 Å². The van der Waals surface area contributed by atoms with Gasteiger partial charge in [0.2, 0.25) is 0 Å². The molecule has 0 bridgehead atoms. The van der Waals surface area contributed by atoms with Gasteiger partial charge in [0.25, 0.3) is 0 Å². The Kier molecular flexibility index (Phi) is 27.3. The van der Waals surface area contributed by atoms with Crippen molar-refractivity contribution < 1.29 is 20.4 Å². The maximum Gasteiger partial charge on any atom is 0.117 e. The van der Waals surface area contributed by atoms with Crippen LogP contribution in [0.15, 0.2) is 78.9 Å². The quantitative estimate of drug-likeness (QED) is 0.0438. The number of nitrogens with two attached hydrogens (primary N) is 4. The number of aliphatic hydroxyl groups is 4. The van der Waals surface area contributed by atoms with E-state index in [2.05, 4.69) is 132 Å². The molecule has 7 rings (SSSR count). The zero-order chi connectivity index (χ0) is 48.1. The van der Waals surface area contributed by atoms with Crippen molar-refractivity contribution >= 4 is 45.3 Å². The summed E-state index contributed by atoms with van der Waals surface area (Å²) in [5.41, 5.74) is 33.6. The van der Waals surface area contributed by atoms with E-state index in [1.54, 1.807) is 0 Å². The van der Waals surface area contributed by atoms with E-state index in [0.717, 1.165) is 71.8 Å². The highest BCUT2D eigenvalue weighted by Gasteiger charge is 2.30. The van der Waals surface area contributed by atoms with Crippen molar-refractivity contribution in [2.75, 3.05) is 30.0 Å². The molecule has 3 atom stereocenters. The van der Waals surface area contributed by atoms with E-state index in [0.29, 0.717) is 47.1 Å². The van der Waals surface area contributed by atoms with Gasteiger partial charge in [-0.05, 0) is 186 Å². The molecule has 4 aromatic carbocycles. The first-order valence-electron chi connectivity index (χ1n) is 23.0. The molecule has 3 fully saturated rings. The summed E-state index contributed by atoms with van der Waals surface area (Å²) in [6.45, 7) is 17.4. The molecule has 3 aliphatic rings. The molecule has 358 valence electrons. The van der Waals surface area contributed by atoms with Gasteiger partial charge in [0.15, 0.2) is 0 Å². The van der Waals surface area contributed by atoms with Crippen molar-refractivity contribution in [2.45, 2.75) is 156 Å². The number of benzene rings is 4. The van der Waals surface area contributed by atoms with Crippen LogP contribution in [0, 0.1) is 45.5 Å². The van der Waals surface area contributed by atoms with Crippen molar-refractivity contribution in [1.82, 2.24) is 0 Å². The minimum absolute atomic E-state index is 0. The molecule has 0 saturated heterocycles. The van der Waals surface area contributed by atoms with Crippen LogP contribution in [0.4, 0.5) is 22.7 Å². The van der Waals surface area contributed by atoms with E-state index >= 15 is 0 Å². The Hall–Kier alpha value is -4.23. The number of nitrogen functional groups attached to an aromatic ring is 4. The van der Waals surface area contributed by atoms with Gasteiger partial charge in [-0.1, -0.05) is 117 Å². The zero-order valence-electron chi connectivity index (χ0n) is 40.0. The number of terminal acetylenes is 1. The van der Waals surface area contributed by atoms with Crippen molar-refractivity contribution in [3.8, 4) is 24.2 Å². The molecule has 0 amide bonds. The lowest BCUT2D eigenvalue weighted by Crippen LogP contribution is -2.11. The minimum atomic E-state index is -0.489. The first-order valence-corrected chi connectivity index (χ1v) is 24.0. The summed E-state index contributed by atoms with van der Waals surface area (Å²) < 4.78 is 1.15. The van der Waals surface area contributed by atoms with Crippen LogP contribution in [0.2, 0.25) is 0 Å². The van der Waals surface area contributed by atoms with Gasteiger partial charge in [-0.3, -0.25) is 0 Å². The van der Waals surface area contributed by atoms with Crippen LogP contribution in [-0.4, -0.2) is 45.8 Å². The van der Waals surface area contributed by atoms with Crippen LogP contribution in [0.25, 0.3) is 0 Å². The fourth-order valence-corrected chi connectivity index (χ4v) is 6.81. The second kappa shape index (κ2) is 30.1. The number of hydrogen-bond acceptors (Lipinski definition) is 8. The number of aryl methyl sites for hydroxylation is 1. The van der Waals surface area contributed by atoms with Gasteiger partial charge in [-0.15, -0.1) is 6.42 Å². The van der Waals surface area contributed by atoms with E-state index in [1.807, 2.05) is 42.5 Å². The Morgan fingerprint density at radius 1 is 0.569 bits per heavy atom. The van der Waals surface area contributed by atoms with Gasteiger partial charge in [0.1, 0.15) is 12.2 Å². The number of aliphatic hydroxyl groups excluding tert-OH is 4. The average molecular weight is 1000 g/mol. The SMILES string of the molecule is C.C#CC(O)C1CC1.CC(C)c1ccc(N)c(C#CC(O)C2CC2)c1.CC(C)c1ccc(N)c(CCC(O)C2CC2)c1.CC(C)c1ccc(N)c(I)c1.CC(C)c1ccc(N)cc1.CO. The van der Waals surface area contributed by atoms with Gasteiger partial charge in [0, 0.05) is 39.0 Å². The third-order valence-electron chi connectivity index (χ3n) is 11.4. The largest absolute Gasteiger partial charge is 0.400 e. The molecule has 0 heterocycles. The second-order valence-corrected chi connectivity index (χ2v) is 19.5. The maximum absolute atomic E-state index is 9.88. The summed E-state index contributed by atoms with van der Waals surface area (Å²) in [6.07, 6.45) is 12.4. The highest BCUT2D eigenvalue weighted by molar-refractivity contribution is 14.1. The highest BCUT2D eigenvalue weighted by Crippen LogP contribution is 2.35. The van der Waals surface area contributed by atoms with Crippen LogP contribution < -0.4 is 22.9 Å². The zero-order valence-corrected chi connectivity index (χ0v) is 42.1. The number of anilines is 4. The molecule has 65 heavy (non-hydrogen) atoms. The van der Waals surface area contributed by atoms with Crippen molar-refractivity contribution in [2.24, 2.45) is 17.8 Å². The third-order valence-corrected chi connectivity index (χ3v) is 12.3. The minimum Gasteiger partial charge on any atom is -0.400 e. The summed E-state index contributed by atoms with van der Waals surface area (Å²) in [5.74, 6) is 11.7. The molecule has 9 heteroatoms. The Bertz CT molecular complexity index is 2070. The molecule has 3 saturated carbocycles. The summed E-state index contributed by atoms with van der Waals surface area (Å²) in [5, 5.41) is 35.3. The first-order chi connectivity index (χ1) is 30.3. The van der Waals surface area contributed by atoms with Crippen LogP contribution >= 0.6 is 22.6 Å². The fraction of sp³-hybridized carbons (Fsp3) is 0.500. The maximum atomic E-state index is 9.88. The van der Waals surface area contributed by atoms with Crippen LogP contribution in [0.5, 0.6) is 0 Å². The number of halogens is 1. The molecular weight excluding hydrogens is 920 g/mol. The van der Waals surface area contributed by atoms with Crippen LogP contribution in [0.1, 0.15) is 165 Å². The normalized spacial score (nSPS) is 14.8. The molecule has 3 unspecified atom stereocenters. The molecule has 4 aromatic rings. The van der Waals surface area contributed by atoms with Gasteiger partial charge in [-0.25, -0.2) is 0 Å². The molecule has 0 aromatic heterocycles. The Labute approximate surface area is 407 Å². The van der Waals surface area contributed by atoms with Gasteiger partial charge >= 0.3 is 0 Å². The van der Waals surface area contributed by atoms with E-state index < -0.39 is 12.2 Å². The van der Waals surface area contributed by atoms with E-state index in [4.69, 9.17) is 39.6 Å². The van der Waals surface area contributed by atoms with E-state index in [-0.39, 0.29) is 13.5 Å². The van der Waals surface area contributed by atoms with Crippen LogP contribution in [0.3, 0.4) is 0 Å². The summed E-state index contributed by atoms with van der Waals surface area (Å²) >= 11 is 2.26. The third kappa shape index (κ3) is 22.7.